The summed E-state index contributed by atoms with van der Waals surface area (Å²) in [6.45, 7) is 4.54. The number of nitrogens with zero attached hydrogens (tertiary/aromatic N) is 1. The van der Waals surface area contributed by atoms with Gasteiger partial charge in [-0.25, -0.2) is 0 Å². The lowest BCUT2D eigenvalue weighted by molar-refractivity contribution is -0.140. The van der Waals surface area contributed by atoms with Gasteiger partial charge in [0.05, 0.1) is 24.8 Å². The van der Waals surface area contributed by atoms with Crippen LogP contribution in [0.5, 0.6) is 17.2 Å². The molecule has 7 heteroatoms. The van der Waals surface area contributed by atoms with Gasteiger partial charge in [0.1, 0.15) is 23.0 Å². The third-order valence-electron chi connectivity index (χ3n) is 6.35. The van der Waals surface area contributed by atoms with Crippen LogP contribution >= 0.6 is 11.3 Å². The number of aliphatic hydroxyl groups excluding tert-OH is 1. The quantitative estimate of drug-likeness (QED) is 0.154. The first-order valence-corrected chi connectivity index (χ1v) is 13.2. The molecule has 1 aromatic heterocycles. The van der Waals surface area contributed by atoms with E-state index in [1.165, 1.54) is 16.2 Å². The number of hydrogen-bond acceptors (Lipinski definition) is 6. The van der Waals surface area contributed by atoms with Crippen LogP contribution in [-0.4, -0.2) is 28.3 Å². The summed E-state index contributed by atoms with van der Waals surface area (Å²) in [6, 6.07) is 24.9. The van der Waals surface area contributed by atoms with Gasteiger partial charge in [0, 0.05) is 10.4 Å². The first kappa shape index (κ1) is 25.3. The van der Waals surface area contributed by atoms with Crippen molar-refractivity contribution in [1.82, 2.24) is 4.90 Å². The van der Waals surface area contributed by atoms with Crippen LogP contribution < -0.4 is 9.47 Å². The second-order valence-corrected chi connectivity index (χ2v) is 9.94. The summed E-state index contributed by atoms with van der Waals surface area (Å²) in [5.41, 5.74) is 1.98. The molecule has 2 heterocycles. The molecule has 192 valence electrons. The van der Waals surface area contributed by atoms with Crippen LogP contribution in [0, 0.1) is 6.92 Å². The highest BCUT2D eigenvalue weighted by atomic mass is 32.1. The van der Waals surface area contributed by atoms with Crippen LogP contribution in [0.4, 0.5) is 0 Å². The number of Topliss-reactive ketones (excluding diaryl/α,β-unsaturated/α-hetero) is 1. The van der Waals surface area contributed by atoms with Gasteiger partial charge >= 0.3 is 0 Å². The Morgan fingerprint density at radius 1 is 0.947 bits per heavy atom. The molecule has 6 nitrogen and oxygen atoms in total. The number of benzene rings is 3. The van der Waals surface area contributed by atoms with Gasteiger partial charge < -0.3 is 19.5 Å². The van der Waals surface area contributed by atoms with Gasteiger partial charge in [0.2, 0.25) is 0 Å². The number of carbonyl (C=O) groups excluding carboxylic acids is 2. The highest BCUT2D eigenvalue weighted by molar-refractivity contribution is 7.09. The Balaban J connectivity index is 1.60. The number of aryl methyl sites for hydroxylation is 1. The number of thiophene rings is 1. The Hall–Kier alpha value is -4.36. The van der Waals surface area contributed by atoms with E-state index in [2.05, 4.69) is 0 Å². The normalized spacial score (nSPS) is 16.6. The second-order valence-electron chi connectivity index (χ2n) is 8.91. The molecule has 1 aliphatic heterocycles. The van der Waals surface area contributed by atoms with E-state index < -0.39 is 17.7 Å². The summed E-state index contributed by atoms with van der Waals surface area (Å²) < 4.78 is 11.7. The lowest BCUT2D eigenvalue weighted by atomic mass is 9.94. The average Bonchev–Trinajstić information content (AvgIpc) is 3.53. The summed E-state index contributed by atoms with van der Waals surface area (Å²) in [5, 5.41) is 13.4. The molecule has 3 aromatic carbocycles. The van der Waals surface area contributed by atoms with Crippen molar-refractivity contribution in [3.63, 3.8) is 0 Å². The molecule has 1 saturated heterocycles. The second kappa shape index (κ2) is 10.9. The van der Waals surface area contributed by atoms with Crippen molar-refractivity contribution in [2.75, 3.05) is 6.61 Å². The lowest BCUT2D eigenvalue weighted by Gasteiger charge is -2.25. The van der Waals surface area contributed by atoms with E-state index in [0.29, 0.717) is 35.0 Å². The van der Waals surface area contributed by atoms with Crippen molar-refractivity contribution in [3.8, 4) is 17.2 Å². The van der Waals surface area contributed by atoms with Gasteiger partial charge in [0.25, 0.3) is 11.7 Å². The number of ether oxygens (including phenoxy) is 2. The Kier molecular flexibility index (Phi) is 7.29. The summed E-state index contributed by atoms with van der Waals surface area (Å²) in [5.74, 6) is 0.341. The minimum absolute atomic E-state index is 0.0481. The fourth-order valence-corrected chi connectivity index (χ4v) is 5.31. The number of ketones is 1. The van der Waals surface area contributed by atoms with Crippen LogP contribution in [0.1, 0.15) is 34.5 Å². The molecule has 1 atom stereocenters. The predicted octanol–water partition coefficient (Wildman–Crippen LogP) is 6.87. The Morgan fingerprint density at radius 3 is 2.45 bits per heavy atom. The molecule has 1 N–H and O–H groups in total. The van der Waals surface area contributed by atoms with Gasteiger partial charge in [-0.2, -0.15) is 0 Å². The molecule has 38 heavy (non-hydrogen) atoms. The van der Waals surface area contributed by atoms with E-state index in [0.717, 1.165) is 10.4 Å². The summed E-state index contributed by atoms with van der Waals surface area (Å²) in [7, 11) is 0. The van der Waals surface area contributed by atoms with Crippen LogP contribution in [0.15, 0.2) is 95.9 Å². The SMILES string of the molecule is CCOc1ccc(/C(O)=C2\C(=O)C(=O)N(Cc3cccs3)C2c2cccc(Oc3ccccc3)c2)cc1C. The maximum absolute atomic E-state index is 13.4. The van der Waals surface area contributed by atoms with E-state index in [1.807, 2.05) is 86.0 Å². The minimum atomic E-state index is -0.789. The summed E-state index contributed by atoms with van der Waals surface area (Å²) in [6.07, 6.45) is 0. The van der Waals surface area contributed by atoms with Crippen LogP contribution in [0.25, 0.3) is 5.76 Å². The van der Waals surface area contributed by atoms with Crippen molar-refractivity contribution in [2.24, 2.45) is 0 Å². The van der Waals surface area contributed by atoms with Crippen LogP contribution in [0.2, 0.25) is 0 Å². The zero-order valence-electron chi connectivity index (χ0n) is 21.1. The first-order chi connectivity index (χ1) is 18.5. The zero-order valence-corrected chi connectivity index (χ0v) is 21.9. The third kappa shape index (κ3) is 5.06. The standard InChI is InChI=1S/C31H27NO5S/c1-3-36-26-15-14-22(17-20(26)2)29(33)27-28(32(31(35)30(27)34)19-25-13-8-16-38-25)21-9-7-12-24(18-21)37-23-10-5-4-6-11-23/h4-18,28,33H,3,19H2,1-2H3/b29-27+. The summed E-state index contributed by atoms with van der Waals surface area (Å²) in [4.78, 5) is 29.2. The Bertz CT molecular complexity index is 1490. The molecule has 0 spiro atoms. The van der Waals surface area contributed by atoms with Crippen molar-refractivity contribution in [2.45, 2.75) is 26.4 Å². The number of para-hydroxylation sites is 1. The Morgan fingerprint density at radius 2 is 1.74 bits per heavy atom. The Labute approximate surface area is 225 Å². The number of rotatable bonds is 8. The van der Waals surface area contributed by atoms with E-state index >= 15 is 0 Å². The van der Waals surface area contributed by atoms with Crippen molar-refractivity contribution in [3.05, 3.63) is 117 Å². The average molecular weight is 526 g/mol. The molecule has 0 bridgehead atoms. The smallest absolute Gasteiger partial charge is 0.295 e. The molecule has 0 radical (unpaired) electrons. The maximum atomic E-state index is 13.4. The number of amides is 1. The van der Waals surface area contributed by atoms with Gasteiger partial charge in [-0.05, 0) is 78.9 Å². The molecule has 1 unspecified atom stereocenters. The number of aliphatic hydroxyl groups is 1. The van der Waals surface area contributed by atoms with Crippen molar-refractivity contribution in [1.29, 1.82) is 0 Å². The number of carbonyl (C=O) groups is 2. The predicted molar refractivity (Wildman–Crippen MR) is 147 cm³/mol. The van der Waals surface area contributed by atoms with Gasteiger partial charge in [0.15, 0.2) is 0 Å². The molecular formula is C31H27NO5S. The molecule has 1 fully saturated rings. The molecular weight excluding hydrogens is 498 g/mol. The molecule has 1 aliphatic rings. The summed E-state index contributed by atoms with van der Waals surface area (Å²) >= 11 is 1.51. The largest absolute Gasteiger partial charge is 0.507 e. The van der Waals surface area contributed by atoms with E-state index in [1.54, 1.807) is 18.2 Å². The number of hydrogen-bond donors (Lipinski definition) is 1. The van der Waals surface area contributed by atoms with Gasteiger partial charge in [-0.3, -0.25) is 9.59 Å². The maximum Gasteiger partial charge on any atom is 0.295 e. The first-order valence-electron chi connectivity index (χ1n) is 12.3. The monoisotopic (exact) mass is 525 g/mol. The fourth-order valence-electron chi connectivity index (χ4n) is 4.60. The third-order valence-corrected chi connectivity index (χ3v) is 7.21. The van der Waals surface area contributed by atoms with Crippen molar-refractivity contribution >= 4 is 28.8 Å². The van der Waals surface area contributed by atoms with E-state index in [4.69, 9.17) is 9.47 Å². The van der Waals surface area contributed by atoms with Crippen LogP contribution in [-0.2, 0) is 16.1 Å². The topological polar surface area (TPSA) is 76.1 Å². The molecule has 5 rings (SSSR count). The fraction of sp³-hybridized carbons (Fsp3) is 0.161. The van der Waals surface area contributed by atoms with Crippen molar-refractivity contribution < 1.29 is 24.2 Å². The zero-order chi connectivity index (χ0) is 26.6. The highest BCUT2D eigenvalue weighted by Gasteiger charge is 2.46. The number of likely N-dealkylation sites (tertiary alicyclic amines) is 1. The molecule has 1 amide bonds. The molecule has 0 aliphatic carbocycles. The van der Waals surface area contributed by atoms with Gasteiger partial charge in [-0.15, -0.1) is 11.3 Å². The molecule has 0 saturated carbocycles. The van der Waals surface area contributed by atoms with E-state index in [-0.39, 0.29) is 17.9 Å². The van der Waals surface area contributed by atoms with Gasteiger partial charge in [-0.1, -0.05) is 36.4 Å². The van der Waals surface area contributed by atoms with Crippen LogP contribution in [0.3, 0.4) is 0 Å². The highest BCUT2D eigenvalue weighted by Crippen LogP contribution is 2.42. The van der Waals surface area contributed by atoms with E-state index in [9.17, 15) is 14.7 Å². The molecule has 4 aromatic rings. The lowest BCUT2D eigenvalue weighted by Crippen LogP contribution is -2.28. The minimum Gasteiger partial charge on any atom is -0.507 e.